The van der Waals surface area contributed by atoms with Crippen LogP contribution in [0.5, 0.6) is 0 Å². The Morgan fingerprint density at radius 2 is 2.33 bits per heavy atom. The smallest absolute Gasteiger partial charge is 0.248 e. The molecular weight excluding hydrogens is 192 g/mol. The minimum atomic E-state index is 0.0823. The molecule has 2 unspecified atom stereocenters. The fraction of sp³-hybridized carbons (Fsp3) is 0.909. The van der Waals surface area contributed by atoms with Gasteiger partial charge in [-0.2, -0.15) is 0 Å². The maximum atomic E-state index is 11.8. The van der Waals surface area contributed by atoms with Crippen molar-refractivity contribution in [2.75, 3.05) is 26.3 Å². The molecule has 0 bridgehead atoms. The van der Waals surface area contributed by atoms with E-state index in [4.69, 9.17) is 10.5 Å². The number of nitrogens with zero attached hydrogens (tertiary/aromatic N) is 1. The second-order valence-corrected chi connectivity index (χ2v) is 4.15. The van der Waals surface area contributed by atoms with E-state index in [-0.39, 0.29) is 18.6 Å². The van der Waals surface area contributed by atoms with Crippen LogP contribution in [0.2, 0.25) is 0 Å². The van der Waals surface area contributed by atoms with E-state index in [1.54, 1.807) is 0 Å². The lowest BCUT2D eigenvalue weighted by atomic mass is 9.91. The number of rotatable bonds is 4. The summed E-state index contributed by atoms with van der Waals surface area (Å²) in [7, 11) is 0. The zero-order chi connectivity index (χ0) is 11.3. The maximum absolute atomic E-state index is 11.8. The SMILES string of the molecule is CCOCC(=O)N1CCCC(C)C1CN. The van der Waals surface area contributed by atoms with Crippen LogP contribution in [0.1, 0.15) is 26.7 Å². The van der Waals surface area contributed by atoms with E-state index in [0.717, 1.165) is 13.0 Å². The van der Waals surface area contributed by atoms with Crippen LogP contribution < -0.4 is 5.73 Å². The fourth-order valence-corrected chi connectivity index (χ4v) is 2.19. The van der Waals surface area contributed by atoms with Gasteiger partial charge in [-0.05, 0) is 25.7 Å². The summed E-state index contributed by atoms with van der Waals surface area (Å²) in [6, 6.07) is 0.201. The maximum Gasteiger partial charge on any atom is 0.248 e. The van der Waals surface area contributed by atoms with Crippen molar-refractivity contribution >= 4 is 5.91 Å². The molecule has 1 rings (SSSR count). The number of carbonyl (C=O) groups excluding carboxylic acids is 1. The normalized spacial score (nSPS) is 26.7. The molecule has 0 saturated carbocycles. The van der Waals surface area contributed by atoms with Crippen molar-refractivity contribution in [1.82, 2.24) is 4.90 Å². The van der Waals surface area contributed by atoms with Gasteiger partial charge in [-0.25, -0.2) is 0 Å². The van der Waals surface area contributed by atoms with E-state index in [1.807, 2.05) is 11.8 Å². The monoisotopic (exact) mass is 214 g/mol. The van der Waals surface area contributed by atoms with Crippen LogP contribution in [0.15, 0.2) is 0 Å². The average Bonchev–Trinajstić information content (AvgIpc) is 2.25. The summed E-state index contributed by atoms with van der Waals surface area (Å²) in [4.78, 5) is 13.7. The molecule has 0 aliphatic carbocycles. The Kier molecular flexibility index (Phi) is 5.05. The zero-order valence-electron chi connectivity index (χ0n) is 9.74. The van der Waals surface area contributed by atoms with E-state index in [0.29, 0.717) is 19.1 Å². The number of likely N-dealkylation sites (tertiary alicyclic amines) is 1. The minimum Gasteiger partial charge on any atom is -0.372 e. The Labute approximate surface area is 91.8 Å². The van der Waals surface area contributed by atoms with Crippen LogP contribution in [0.4, 0.5) is 0 Å². The van der Waals surface area contributed by atoms with E-state index in [9.17, 15) is 4.79 Å². The molecule has 4 nitrogen and oxygen atoms in total. The van der Waals surface area contributed by atoms with Crippen LogP contribution >= 0.6 is 0 Å². The third-order valence-electron chi connectivity index (χ3n) is 3.11. The lowest BCUT2D eigenvalue weighted by Crippen LogP contribution is -2.52. The fourth-order valence-electron chi connectivity index (χ4n) is 2.19. The number of amides is 1. The molecule has 88 valence electrons. The predicted octanol–water partition coefficient (Wildman–Crippen LogP) is 0.609. The molecule has 1 aliphatic rings. The first-order valence-corrected chi connectivity index (χ1v) is 5.78. The van der Waals surface area contributed by atoms with Crippen molar-refractivity contribution in [3.05, 3.63) is 0 Å². The third kappa shape index (κ3) is 3.18. The first-order chi connectivity index (χ1) is 7.20. The average molecular weight is 214 g/mol. The van der Waals surface area contributed by atoms with Crippen molar-refractivity contribution in [3.8, 4) is 0 Å². The van der Waals surface area contributed by atoms with Gasteiger partial charge in [-0.15, -0.1) is 0 Å². The largest absolute Gasteiger partial charge is 0.372 e. The Morgan fingerprint density at radius 1 is 1.60 bits per heavy atom. The molecule has 0 spiro atoms. The van der Waals surface area contributed by atoms with Gasteiger partial charge in [0.25, 0.3) is 0 Å². The molecule has 2 atom stereocenters. The quantitative estimate of drug-likeness (QED) is 0.746. The number of carbonyl (C=O) groups is 1. The highest BCUT2D eigenvalue weighted by molar-refractivity contribution is 5.78. The van der Waals surface area contributed by atoms with Crippen molar-refractivity contribution in [2.45, 2.75) is 32.7 Å². The van der Waals surface area contributed by atoms with E-state index < -0.39 is 0 Å². The molecule has 1 saturated heterocycles. The molecule has 0 aromatic carbocycles. The van der Waals surface area contributed by atoms with Crippen LogP contribution in [0.3, 0.4) is 0 Å². The summed E-state index contributed by atoms with van der Waals surface area (Å²) in [6.07, 6.45) is 2.25. The molecule has 1 aliphatic heterocycles. The highest BCUT2D eigenvalue weighted by atomic mass is 16.5. The van der Waals surface area contributed by atoms with Crippen LogP contribution in [0, 0.1) is 5.92 Å². The van der Waals surface area contributed by atoms with Gasteiger partial charge in [0.05, 0.1) is 0 Å². The molecular formula is C11H22N2O2. The summed E-state index contributed by atoms with van der Waals surface area (Å²) in [5.41, 5.74) is 5.72. The van der Waals surface area contributed by atoms with Gasteiger partial charge < -0.3 is 15.4 Å². The lowest BCUT2D eigenvalue weighted by molar-refractivity contribution is -0.140. The number of piperidine rings is 1. The van der Waals surface area contributed by atoms with Crippen molar-refractivity contribution < 1.29 is 9.53 Å². The second kappa shape index (κ2) is 6.08. The van der Waals surface area contributed by atoms with Gasteiger partial charge in [0.2, 0.25) is 5.91 Å². The molecule has 0 radical (unpaired) electrons. The summed E-state index contributed by atoms with van der Waals surface area (Å²) in [5, 5.41) is 0. The Balaban J connectivity index is 2.53. The van der Waals surface area contributed by atoms with Crippen molar-refractivity contribution in [3.63, 3.8) is 0 Å². The highest BCUT2D eigenvalue weighted by Gasteiger charge is 2.30. The van der Waals surface area contributed by atoms with Crippen LogP contribution in [-0.2, 0) is 9.53 Å². The molecule has 15 heavy (non-hydrogen) atoms. The molecule has 4 heteroatoms. The number of ether oxygens (including phenoxy) is 1. The number of hydrogen-bond acceptors (Lipinski definition) is 3. The molecule has 1 fully saturated rings. The van der Waals surface area contributed by atoms with Crippen molar-refractivity contribution in [1.29, 1.82) is 0 Å². The highest BCUT2D eigenvalue weighted by Crippen LogP contribution is 2.22. The summed E-state index contributed by atoms with van der Waals surface area (Å²) < 4.78 is 5.14. The second-order valence-electron chi connectivity index (χ2n) is 4.15. The van der Waals surface area contributed by atoms with E-state index in [2.05, 4.69) is 6.92 Å². The molecule has 0 aromatic rings. The molecule has 1 amide bonds. The first-order valence-electron chi connectivity index (χ1n) is 5.78. The number of hydrogen-bond donors (Lipinski definition) is 1. The molecule has 2 N–H and O–H groups in total. The standard InChI is InChI=1S/C11H22N2O2/c1-3-15-8-11(14)13-6-4-5-9(2)10(13)7-12/h9-10H,3-8,12H2,1-2H3. The van der Waals surface area contributed by atoms with E-state index >= 15 is 0 Å². The topological polar surface area (TPSA) is 55.6 Å². The van der Waals surface area contributed by atoms with Crippen LogP contribution in [0.25, 0.3) is 0 Å². The first kappa shape index (κ1) is 12.5. The summed E-state index contributed by atoms with van der Waals surface area (Å²) >= 11 is 0. The van der Waals surface area contributed by atoms with Crippen molar-refractivity contribution in [2.24, 2.45) is 11.7 Å². The molecule has 1 heterocycles. The summed E-state index contributed by atoms with van der Waals surface area (Å²) in [5.74, 6) is 0.591. The minimum absolute atomic E-state index is 0.0823. The van der Waals surface area contributed by atoms with Crippen LogP contribution in [-0.4, -0.2) is 43.2 Å². The Morgan fingerprint density at radius 3 is 2.93 bits per heavy atom. The van der Waals surface area contributed by atoms with Gasteiger partial charge in [0.15, 0.2) is 0 Å². The lowest BCUT2D eigenvalue weighted by Gasteiger charge is -2.39. The Bertz CT molecular complexity index is 209. The van der Waals surface area contributed by atoms with Gasteiger partial charge in [-0.1, -0.05) is 6.92 Å². The van der Waals surface area contributed by atoms with Gasteiger partial charge in [0.1, 0.15) is 6.61 Å². The van der Waals surface area contributed by atoms with E-state index in [1.165, 1.54) is 6.42 Å². The third-order valence-corrected chi connectivity index (χ3v) is 3.11. The molecule has 0 aromatic heterocycles. The van der Waals surface area contributed by atoms with Gasteiger partial charge in [0, 0.05) is 25.7 Å². The predicted molar refractivity (Wildman–Crippen MR) is 59.4 cm³/mol. The number of nitrogens with two attached hydrogens (primary N) is 1. The zero-order valence-corrected chi connectivity index (χ0v) is 9.74. The summed E-state index contributed by atoms with van der Waals surface area (Å²) in [6.45, 7) is 6.23. The van der Waals surface area contributed by atoms with Gasteiger partial charge >= 0.3 is 0 Å². The van der Waals surface area contributed by atoms with Gasteiger partial charge in [-0.3, -0.25) is 4.79 Å². The Hall–Kier alpha value is -0.610.